The van der Waals surface area contributed by atoms with Crippen LogP contribution in [0.15, 0.2) is 42.5 Å². The molecule has 4 heteroatoms. The summed E-state index contributed by atoms with van der Waals surface area (Å²) < 4.78 is 5.47. The summed E-state index contributed by atoms with van der Waals surface area (Å²) in [6, 6.07) is 16.3. The van der Waals surface area contributed by atoms with Crippen LogP contribution in [0, 0.1) is 0 Å². The fourth-order valence-corrected chi connectivity index (χ4v) is 5.47. The smallest absolute Gasteiger partial charge is 0.119 e. The summed E-state index contributed by atoms with van der Waals surface area (Å²) in [5.74, 6) is 1.56. The molecule has 1 fully saturated rings. The first-order valence-corrected chi connectivity index (χ1v) is 9.59. The van der Waals surface area contributed by atoms with Gasteiger partial charge in [-0.05, 0) is 54.8 Å². The van der Waals surface area contributed by atoms with Crippen molar-refractivity contribution in [3.8, 4) is 5.75 Å². The first kappa shape index (κ1) is 14.7. The molecule has 2 aromatic carbocycles. The Bertz CT molecular complexity index is 1010. The van der Waals surface area contributed by atoms with Crippen LogP contribution in [0.3, 0.4) is 0 Å². The van der Waals surface area contributed by atoms with E-state index >= 15 is 0 Å². The van der Waals surface area contributed by atoms with E-state index in [4.69, 9.17) is 4.74 Å². The lowest BCUT2D eigenvalue weighted by Crippen LogP contribution is -2.55. The Morgan fingerprint density at radius 1 is 1.15 bits per heavy atom. The summed E-state index contributed by atoms with van der Waals surface area (Å²) >= 11 is 0. The van der Waals surface area contributed by atoms with Crippen molar-refractivity contribution in [1.29, 1.82) is 0 Å². The molecule has 0 bridgehead atoms. The van der Waals surface area contributed by atoms with Crippen LogP contribution >= 0.6 is 0 Å². The number of benzene rings is 2. The quantitative estimate of drug-likeness (QED) is 0.703. The van der Waals surface area contributed by atoms with Gasteiger partial charge in [-0.3, -0.25) is 4.90 Å². The second-order valence-electron chi connectivity index (χ2n) is 7.89. The second-order valence-corrected chi connectivity index (χ2v) is 7.89. The molecule has 1 saturated heterocycles. The zero-order valence-corrected chi connectivity index (χ0v) is 15.0. The molecule has 2 unspecified atom stereocenters. The zero-order chi connectivity index (χ0) is 17.3. The number of para-hydroxylation sites is 1. The van der Waals surface area contributed by atoms with Gasteiger partial charge in [0.25, 0.3) is 0 Å². The summed E-state index contributed by atoms with van der Waals surface area (Å²) in [6.07, 6.45) is 2.34. The third kappa shape index (κ3) is 1.93. The van der Waals surface area contributed by atoms with Gasteiger partial charge in [0.2, 0.25) is 0 Å². The lowest BCUT2D eigenvalue weighted by molar-refractivity contribution is 0.105. The number of nitrogens with one attached hydrogen (secondary N) is 2. The van der Waals surface area contributed by atoms with Gasteiger partial charge in [-0.15, -0.1) is 0 Å². The first-order valence-electron chi connectivity index (χ1n) is 9.59. The van der Waals surface area contributed by atoms with Crippen LogP contribution < -0.4 is 10.1 Å². The van der Waals surface area contributed by atoms with Crippen LogP contribution in [-0.4, -0.2) is 35.6 Å². The number of H-pyrrole nitrogens is 1. The lowest BCUT2D eigenvalue weighted by Gasteiger charge is -2.45. The maximum absolute atomic E-state index is 5.47. The van der Waals surface area contributed by atoms with E-state index in [1.807, 2.05) is 0 Å². The highest BCUT2D eigenvalue weighted by Gasteiger charge is 2.45. The molecule has 0 radical (unpaired) electrons. The first-order chi connectivity index (χ1) is 12.8. The zero-order valence-electron chi connectivity index (χ0n) is 15.0. The number of ether oxygens (including phenoxy) is 1. The van der Waals surface area contributed by atoms with Gasteiger partial charge in [0, 0.05) is 46.8 Å². The van der Waals surface area contributed by atoms with Gasteiger partial charge >= 0.3 is 0 Å². The molecule has 3 atom stereocenters. The summed E-state index contributed by atoms with van der Waals surface area (Å²) in [7, 11) is 1.75. The van der Waals surface area contributed by atoms with Gasteiger partial charge in [-0.2, -0.15) is 0 Å². The highest BCUT2D eigenvalue weighted by molar-refractivity contribution is 5.85. The molecule has 3 aromatic rings. The number of fused-ring (bicyclic) bond motifs is 8. The number of rotatable bonds is 1. The molecule has 132 valence electrons. The van der Waals surface area contributed by atoms with Crippen molar-refractivity contribution in [3.05, 3.63) is 59.3 Å². The summed E-state index contributed by atoms with van der Waals surface area (Å²) in [6.45, 7) is 2.21. The van der Waals surface area contributed by atoms with Crippen molar-refractivity contribution in [2.75, 3.05) is 19.0 Å². The Morgan fingerprint density at radius 3 is 3.00 bits per heavy atom. The number of nitrogens with zero attached hydrogens (tertiary/aromatic N) is 1. The summed E-state index contributed by atoms with van der Waals surface area (Å²) in [4.78, 5) is 6.34. The number of anilines is 1. The van der Waals surface area contributed by atoms with E-state index in [-0.39, 0.29) is 0 Å². The molecule has 0 aliphatic carbocycles. The van der Waals surface area contributed by atoms with Gasteiger partial charge in [-0.25, -0.2) is 0 Å². The molecule has 4 nitrogen and oxygen atoms in total. The Labute approximate surface area is 153 Å². The fourth-order valence-electron chi connectivity index (χ4n) is 5.47. The molecule has 4 heterocycles. The van der Waals surface area contributed by atoms with Crippen LogP contribution in [0.25, 0.3) is 10.9 Å². The Hall–Kier alpha value is -2.46. The minimum Gasteiger partial charge on any atom is -0.497 e. The molecule has 0 spiro atoms. The van der Waals surface area contributed by atoms with Crippen molar-refractivity contribution >= 4 is 16.6 Å². The molecule has 2 N–H and O–H groups in total. The number of piperidine rings is 1. The predicted octanol–water partition coefficient (Wildman–Crippen LogP) is 3.88. The molecule has 26 heavy (non-hydrogen) atoms. The van der Waals surface area contributed by atoms with E-state index in [9.17, 15) is 0 Å². The lowest BCUT2D eigenvalue weighted by atomic mass is 9.79. The van der Waals surface area contributed by atoms with Crippen molar-refractivity contribution in [3.63, 3.8) is 0 Å². The van der Waals surface area contributed by atoms with E-state index in [1.54, 1.807) is 7.11 Å². The molecule has 3 aliphatic rings. The highest BCUT2D eigenvalue weighted by atomic mass is 16.5. The number of hydrogen-bond donors (Lipinski definition) is 2. The van der Waals surface area contributed by atoms with Gasteiger partial charge < -0.3 is 15.0 Å². The van der Waals surface area contributed by atoms with Gasteiger partial charge in [-0.1, -0.05) is 18.2 Å². The standard InChI is InChI=1S/C22H23N3O/c1-26-13-6-7-19-16(10-13)15-8-9-25-12-20-17(11-21(25)22(15)24-19)14-4-2-3-5-18(14)23-20/h2-7,10,15,21-24H,8-9,11-12H2,1H3/t15?,21-,22?/m0/s1. The topological polar surface area (TPSA) is 40.3 Å². The van der Waals surface area contributed by atoms with Gasteiger partial charge in [0.15, 0.2) is 0 Å². The van der Waals surface area contributed by atoms with E-state index in [0.29, 0.717) is 18.0 Å². The highest BCUT2D eigenvalue weighted by Crippen LogP contribution is 2.47. The van der Waals surface area contributed by atoms with Gasteiger partial charge in [0.05, 0.1) is 7.11 Å². The minimum absolute atomic E-state index is 0.493. The molecular weight excluding hydrogens is 322 g/mol. The third-order valence-electron chi connectivity index (χ3n) is 6.70. The minimum atomic E-state index is 0.493. The Balaban J connectivity index is 1.39. The predicted molar refractivity (Wildman–Crippen MR) is 104 cm³/mol. The Morgan fingerprint density at radius 2 is 2.08 bits per heavy atom. The van der Waals surface area contributed by atoms with Crippen LogP contribution in [0.1, 0.15) is 29.2 Å². The number of methoxy groups -OCH3 is 1. The molecule has 6 rings (SSSR count). The second kappa shape index (κ2) is 5.27. The number of hydrogen-bond acceptors (Lipinski definition) is 3. The summed E-state index contributed by atoms with van der Waals surface area (Å²) in [5.41, 5.74) is 6.96. The summed E-state index contributed by atoms with van der Waals surface area (Å²) in [5, 5.41) is 5.25. The van der Waals surface area contributed by atoms with Crippen LogP contribution in [0.2, 0.25) is 0 Å². The number of aromatic amines is 1. The van der Waals surface area contributed by atoms with Crippen LogP contribution in [0.4, 0.5) is 5.69 Å². The van der Waals surface area contributed by atoms with E-state index in [1.165, 1.54) is 46.4 Å². The van der Waals surface area contributed by atoms with Crippen LogP contribution in [-0.2, 0) is 13.0 Å². The van der Waals surface area contributed by atoms with E-state index < -0.39 is 0 Å². The largest absolute Gasteiger partial charge is 0.497 e. The van der Waals surface area contributed by atoms with E-state index in [0.717, 1.165) is 18.7 Å². The average molecular weight is 345 g/mol. The molecule has 1 aromatic heterocycles. The molecule has 0 amide bonds. The normalized spacial score (nSPS) is 26.6. The maximum atomic E-state index is 5.47. The molecular formula is C22H23N3O. The van der Waals surface area contributed by atoms with Crippen LogP contribution in [0.5, 0.6) is 5.75 Å². The monoisotopic (exact) mass is 345 g/mol. The maximum Gasteiger partial charge on any atom is 0.119 e. The molecule has 0 saturated carbocycles. The van der Waals surface area contributed by atoms with Gasteiger partial charge in [0.1, 0.15) is 5.75 Å². The van der Waals surface area contributed by atoms with Crippen molar-refractivity contribution in [2.24, 2.45) is 0 Å². The fraction of sp³-hybridized carbons (Fsp3) is 0.364. The molecule has 3 aliphatic heterocycles. The van der Waals surface area contributed by atoms with Crippen molar-refractivity contribution in [1.82, 2.24) is 9.88 Å². The van der Waals surface area contributed by atoms with Crippen molar-refractivity contribution in [2.45, 2.75) is 37.4 Å². The Kier molecular flexibility index (Phi) is 2.98. The number of aromatic nitrogens is 1. The third-order valence-corrected chi connectivity index (χ3v) is 6.70. The average Bonchev–Trinajstić information content (AvgIpc) is 3.23. The van der Waals surface area contributed by atoms with E-state index in [2.05, 4.69) is 57.7 Å². The SMILES string of the molecule is COc1ccc2c(c1)C1CCN3Cc4[nH]c5ccccc5c4C[C@H]3C1N2. The van der Waals surface area contributed by atoms with Crippen molar-refractivity contribution < 1.29 is 4.74 Å².